The number of hydrogen-bond donors (Lipinski definition) is 1. The van der Waals surface area contributed by atoms with E-state index in [1.807, 2.05) is 29.7 Å². The molecule has 162 valence electrons. The summed E-state index contributed by atoms with van der Waals surface area (Å²) in [7, 11) is 0. The second-order valence-corrected chi connectivity index (χ2v) is 9.15. The zero-order valence-electron chi connectivity index (χ0n) is 18.0. The van der Waals surface area contributed by atoms with Gasteiger partial charge >= 0.3 is 0 Å². The number of aromatic nitrogens is 2. The molecule has 2 amide bonds. The van der Waals surface area contributed by atoms with E-state index >= 15 is 0 Å². The Labute approximate surface area is 181 Å². The van der Waals surface area contributed by atoms with Gasteiger partial charge < -0.3 is 19.2 Å². The van der Waals surface area contributed by atoms with E-state index in [9.17, 15) is 9.59 Å². The highest BCUT2D eigenvalue weighted by atomic mass is 16.3. The average Bonchev–Trinajstić information content (AvgIpc) is 3.36. The van der Waals surface area contributed by atoms with Crippen molar-refractivity contribution >= 4 is 22.9 Å². The molecule has 1 aliphatic carbocycles. The molecule has 4 heterocycles. The first-order valence-electron chi connectivity index (χ1n) is 11.1. The molecule has 1 N–H and O–H groups in total. The quantitative estimate of drug-likeness (QED) is 0.697. The number of nitrogens with zero attached hydrogens (tertiary/aromatic N) is 3. The average molecular weight is 421 g/mol. The van der Waals surface area contributed by atoms with Crippen molar-refractivity contribution in [2.24, 2.45) is 5.92 Å². The highest BCUT2D eigenvalue weighted by Gasteiger charge is 2.48. The Hall–Kier alpha value is -3.09. The summed E-state index contributed by atoms with van der Waals surface area (Å²) in [5, 5.41) is 3.29. The maximum absolute atomic E-state index is 13.7. The molecule has 1 saturated carbocycles. The zero-order valence-corrected chi connectivity index (χ0v) is 18.0. The van der Waals surface area contributed by atoms with Gasteiger partial charge in [-0.25, -0.2) is 0 Å². The van der Waals surface area contributed by atoms with Gasteiger partial charge in [0.2, 0.25) is 5.91 Å². The normalized spacial score (nSPS) is 26.1. The summed E-state index contributed by atoms with van der Waals surface area (Å²) in [6.45, 7) is 4.78. The number of nitrogens with one attached hydrogen (secondary N) is 1. The summed E-state index contributed by atoms with van der Waals surface area (Å²) in [5.41, 5.74) is 1.92. The lowest BCUT2D eigenvalue weighted by Gasteiger charge is -2.45. The zero-order chi connectivity index (χ0) is 21.6. The van der Waals surface area contributed by atoms with Crippen LogP contribution in [0.3, 0.4) is 0 Å². The van der Waals surface area contributed by atoms with E-state index in [-0.39, 0.29) is 17.9 Å². The van der Waals surface area contributed by atoms with Crippen LogP contribution in [0.25, 0.3) is 11.1 Å². The highest BCUT2D eigenvalue weighted by molar-refractivity contribution is 6.02. The van der Waals surface area contributed by atoms with Crippen LogP contribution in [0.5, 0.6) is 0 Å². The lowest BCUT2D eigenvalue weighted by molar-refractivity contribution is -0.134. The fraction of sp³-hybridized carbons (Fsp3) is 0.458. The third kappa shape index (κ3) is 3.32. The molecule has 7 nitrogen and oxygen atoms in total. The number of pyridine rings is 1. The van der Waals surface area contributed by atoms with Crippen LogP contribution < -0.4 is 5.32 Å². The van der Waals surface area contributed by atoms with Gasteiger partial charge in [-0.3, -0.25) is 14.6 Å². The molecule has 0 radical (unpaired) electrons. The minimum atomic E-state index is -1.03. The maximum atomic E-state index is 13.7. The Bertz CT molecular complexity index is 1120. The lowest BCUT2D eigenvalue weighted by atomic mass is 9.85. The minimum absolute atomic E-state index is 0.0977. The molecule has 31 heavy (non-hydrogen) atoms. The van der Waals surface area contributed by atoms with Crippen molar-refractivity contribution in [3.8, 4) is 0 Å². The molecule has 7 heteroatoms. The Kier molecular flexibility index (Phi) is 4.84. The van der Waals surface area contributed by atoms with Crippen LogP contribution in [0.4, 0.5) is 0 Å². The first-order valence-corrected chi connectivity index (χ1v) is 11.1. The molecule has 0 aromatic carbocycles. The Morgan fingerprint density at radius 1 is 1.32 bits per heavy atom. The second kappa shape index (κ2) is 7.55. The van der Waals surface area contributed by atoms with Crippen LogP contribution in [0.1, 0.15) is 55.6 Å². The summed E-state index contributed by atoms with van der Waals surface area (Å²) in [6.07, 6.45) is 9.51. The molecule has 0 unspecified atom stereocenters. The molecule has 5 rings (SSSR count). The first-order chi connectivity index (χ1) is 15.0. The number of rotatable bonds is 4. The number of carbonyl (C=O) groups excluding carboxylic acids is 2. The van der Waals surface area contributed by atoms with Gasteiger partial charge in [0.25, 0.3) is 5.91 Å². The Morgan fingerprint density at radius 3 is 2.94 bits per heavy atom. The van der Waals surface area contributed by atoms with E-state index in [1.54, 1.807) is 29.6 Å². The van der Waals surface area contributed by atoms with Gasteiger partial charge in [-0.1, -0.05) is 25.8 Å². The van der Waals surface area contributed by atoms with Crippen LogP contribution in [-0.2, 0) is 17.9 Å². The lowest BCUT2D eigenvalue weighted by Crippen LogP contribution is -2.65. The van der Waals surface area contributed by atoms with Crippen LogP contribution in [0, 0.1) is 5.92 Å². The standard InChI is InChI=1S/C24H28N4O3/c1-16-6-3-4-8-18(16)26-23(30)24(2)15-27-19-9-11-31-21(19)12-20(27)22(29)28(24)14-17-7-5-10-25-13-17/h5,7,9-13,16,18H,3-4,6,8,14-15H2,1-2H3,(H,26,30)/t16-,18+,24+/m1/s1. The predicted octanol–water partition coefficient (Wildman–Crippen LogP) is 3.74. The fourth-order valence-corrected chi connectivity index (χ4v) is 5.05. The molecule has 1 fully saturated rings. The van der Waals surface area contributed by atoms with E-state index in [1.165, 1.54) is 6.42 Å². The summed E-state index contributed by atoms with van der Waals surface area (Å²) in [5.74, 6) is 0.172. The molecule has 1 aliphatic heterocycles. The summed E-state index contributed by atoms with van der Waals surface area (Å²) >= 11 is 0. The largest absolute Gasteiger partial charge is 0.463 e. The van der Waals surface area contributed by atoms with Crippen LogP contribution in [-0.4, -0.2) is 37.8 Å². The predicted molar refractivity (Wildman–Crippen MR) is 116 cm³/mol. The van der Waals surface area contributed by atoms with E-state index in [2.05, 4.69) is 17.2 Å². The molecule has 0 spiro atoms. The summed E-state index contributed by atoms with van der Waals surface area (Å²) < 4.78 is 7.46. The SMILES string of the molecule is C[C@@H]1CCCC[C@@H]1NC(=O)[C@]1(C)Cn2c(cc3occc32)C(=O)N1Cc1cccnc1. The third-order valence-corrected chi connectivity index (χ3v) is 7.03. The Morgan fingerprint density at radius 2 is 2.16 bits per heavy atom. The molecule has 3 aromatic heterocycles. The molecular formula is C24H28N4O3. The van der Waals surface area contributed by atoms with Crippen molar-refractivity contribution in [3.63, 3.8) is 0 Å². The summed E-state index contributed by atoms with van der Waals surface area (Å²) in [6, 6.07) is 7.55. The van der Waals surface area contributed by atoms with E-state index < -0.39 is 5.54 Å². The van der Waals surface area contributed by atoms with Crippen LogP contribution in [0.2, 0.25) is 0 Å². The highest BCUT2D eigenvalue weighted by Crippen LogP contribution is 2.34. The van der Waals surface area contributed by atoms with Crippen molar-refractivity contribution in [2.45, 2.75) is 64.2 Å². The Balaban J connectivity index is 1.53. The number of carbonyl (C=O) groups is 2. The molecule has 0 saturated heterocycles. The molecule has 0 bridgehead atoms. The van der Waals surface area contributed by atoms with Crippen molar-refractivity contribution in [2.75, 3.05) is 0 Å². The van der Waals surface area contributed by atoms with E-state index in [0.717, 1.165) is 30.3 Å². The van der Waals surface area contributed by atoms with Gasteiger partial charge in [0, 0.05) is 37.1 Å². The number of furan rings is 1. The van der Waals surface area contributed by atoms with Crippen LogP contribution in [0.15, 0.2) is 47.3 Å². The van der Waals surface area contributed by atoms with E-state index in [4.69, 9.17) is 4.42 Å². The van der Waals surface area contributed by atoms with Crippen molar-refractivity contribution in [1.29, 1.82) is 0 Å². The van der Waals surface area contributed by atoms with Gasteiger partial charge in [0.15, 0.2) is 5.58 Å². The van der Waals surface area contributed by atoms with Gasteiger partial charge in [0.05, 0.1) is 18.3 Å². The fourth-order valence-electron chi connectivity index (χ4n) is 5.05. The minimum Gasteiger partial charge on any atom is -0.463 e. The van der Waals surface area contributed by atoms with Crippen LogP contribution >= 0.6 is 0 Å². The summed E-state index contributed by atoms with van der Waals surface area (Å²) in [4.78, 5) is 33.2. The molecule has 2 aliphatic rings. The monoisotopic (exact) mass is 420 g/mol. The molecule has 3 aromatic rings. The first kappa shape index (κ1) is 19.8. The van der Waals surface area contributed by atoms with Crippen molar-refractivity contribution in [1.82, 2.24) is 19.8 Å². The van der Waals surface area contributed by atoms with Gasteiger partial charge in [-0.2, -0.15) is 0 Å². The maximum Gasteiger partial charge on any atom is 0.271 e. The number of fused-ring (bicyclic) bond motifs is 3. The van der Waals surface area contributed by atoms with Gasteiger partial charge in [-0.05, 0) is 37.3 Å². The second-order valence-electron chi connectivity index (χ2n) is 9.15. The number of hydrogen-bond acceptors (Lipinski definition) is 4. The van der Waals surface area contributed by atoms with Gasteiger partial charge in [-0.15, -0.1) is 0 Å². The number of amides is 2. The third-order valence-electron chi connectivity index (χ3n) is 7.03. The van der Waals surface area contributed by atoms with E-state index in [0.29, 0.717) is 30.3 Å². The topological polar surface area (TPSA) is 80.4 Å². The van der Waals surface area contributed by atoms with Crippen molar-refractivity contribution in [3.05, 3.63) is 54.2 Å². The molecular weight excluding hydrogens is 392 g/mol. The van der Waals surface area contributed by atoms with Crippen molar-refractivity contribution < 1.29 is 14.0 Å². The van der Waals surface area contributed by atoms with Gasteiger partial charge in [0.1, 0.15) is 11.2 Å². The smallest absolute Gasteiger partial charge is 0.271 e. The molecule has 3 atom stereocenters.